The Bertz CT molecular complexity index is 367. The molecule has 0 saturated carbocycles. The summed E-state index contributed by atoms with van der Waals surface area (Å²) >= 11 is 0. The van der Waals surface area contributed by atoms with Crippen molar-refractivity contribution in [3.63, 3.8) is 0 Å². The number of piperidine rings is 1. The number of rotatable bonds is 3. The second-order valence-corrected chi connectivity index (χ2v) is 6.81. The number of carbonyl (C=O) groups is 1. The Balaban J connectivity index is 0.00000132. The van der Waals surface area contributed by atoms with Crippen LogP contribution in [0.25, 0.3) is 0 Å². The van der Waals surface area contributed by atoms with Gasteiger partial charge >= 0.3 is 0 Å². The molecule has 0 radical (unpaired) electrons. The van der Waals surface area contributed by atoms with Gasteiger partial charge in [0.1, 0.15) is 6.04 Å². The third-order valence-electron chi connectivity index (χ3n) is 5.15. The summed E-state index contributed by atoms with van der Waals surface area (Å²) in [6.07, 6.45) is 5.22. The number of nitrogens with one attached hydrogen (secondary N) is 1. The lowest BCUT2D eigenvalue weighted by molar-refractivity contribution is -0.138. The molecule has 0 aromatic heterocycles. The number of ether oxygens (including phenoxy) is 1. The monoisotopic (exact) mass is 367 g/mol. The number of amides is 1. The molecule has 3 aliphatic rings. The molecule has 23 heavy (non-hydrogen) atoms. The molecule has 1 N–H and O–H groups in total. The number of hydrogen-bond donors (Lipinski definition) is 1. The Hall–Kier alpha value is -0.0700. The normalized spacial score (nSPS) is 32.0. The average molecular weight is 368 g/mol. The maximum Gasteiger partial charge on any atom is 0.242 e. The van der Waals surface area contributed by atoms with Gasteiger partial charge < -0.3 is 19.9 Å². The van der Waals surface area contributed by atoms with E-state index in [2.05, 4.69) is 15.1 Å². The van der Waals surface area contributed by atoms with Crippen molar-refractivity contribution in [3.8, 4) is 0 Å². The molecule has 3 saturated heterocycles. The van der Waals surface area contributed by atoms with Gasteiger partial charge in [0.15, 0.2) is 0 Å². The van der Waals surface area contributed by atoms with Crippen molar-refractivity contribution in [2.24, 2.45) is 5.92 Å². The minimum atomic E-state index is -0.146. The number of likely N-dealkylation sites (tertiary alicyclic amines) is 2. The lowest BCUT2D eigenvalue weighted by atomic mass is 10.1. The Morgan fingerprint density at radius 3 is 2.61 bits per heavy atom. The zero-order valence-electron chi connectivity index (χ0n) is 14.0. The van der Waals surface area contributed by atoms with Crippen molar-refractivity contribution >= 4 is 30.7 Å². The van der Waals surface area contributed by atoms with Crippen LogP contribution in [0.3, 0.4) is 0 Å². The molecule has 0 aromatic rings. The van der Waals surface area contributed by atoms with E-state index in [1.807, 2.05) is 6.92 Å². The van der Waals surface area contributed by atoms with E-state index in [1.165, 1.54) is 38.9 Å². The maximum absolute atomic E-state index is 12.6. The van der Waals surface area contributed by atoms with Gasteiger partial charge in [-0.3, -0.25) is 4.79 Å². The Labute approximate surface area is 152 Å². The quantitative estimate of drug-likeness (QED) is 0.821. The summed E-state index contributed by atoms with van der Waals surface area (Å²) in [4.78, 5) is 17.3. The summed E-state index contributed by atoms with van der Waals surface area (Å²) in [5.41, 5.74) is 0. The number of carbonyl (C=O) groups excluding carboxylic acids is 1. The van der Waals surface area contributed by atoms with Gasteiger partial charge in [0.05, 0.1) is 12.7 Å². The molecular weight excluding hydrogens is 337 g/mol. The van der Waals surface area contributed by atoms with Gasteiger partial charge in [0.2, 0.25) is 5.91 Å². The van der Waals surface area contributed by atoms with E-state index in [1.54, 1.807) is 0 Å². The molecule has 3 heterocycles. The maximum atomic E-state index is 12.6. The first-order valence-electron chi connectivity index (χ1n) is 8.60. The van der Waals surface area contributed by atoms with E-state index < -0.39 is 0 Å². The first-order chi connectivity index (χ1) is 10.2. The van der Waals surface area contributed by atoms with Crippen LogP contribution >= 0.6 is 24.8 Å². The first kappa shape index (κ1) is 21.0. The van der Waals surface area contributed by atoms with Crippen LogP contribution < -0.4 is 5.32 Å². The van der Waals surface area contributed by atoms with Crippen molar-refractivity contribution in [3.05, 3.63) is 0 Å². The molecule has 3 atom stereocenters. The molecule has 0 aliphatic carbocycles. The van der Waals surface area contributed by atoms with Crippen LogP contribution in [-0.2, 0) is 9.53 Å². The molecule has 5 nitrogen and oxygen atoms in total. The highest BCUT2D eigenvalue weighted by molar-refractivity contribution is 5.85. The fraction of sp³-hybridized carbons (Fsp3) is 0.938. The highest BCUT2D eigenvalue weighted by atomic mass is 35.5. The van der Waals surface area contributed by atoms with Gasteiger partial charge in [0.25, 0.3) is 0 Å². The molecule has 136 valence electrons. The van der Waals surface area contributed by atoms with Gasteiger partial charge in [-0.15, -0.1) is 24.8 Å². The van der Waals surface area contributed by atoms with E-state index in [9.17, 15) is 4.79 Å². The standard InChI is InChI=1S/C16H29N3O2.2ClH/c1-13-15(17-6-10-21-13)16(20)19-9-5-14(12-19)11-18-7-3-2-4-8-18;;/h13-15,17H,2-12H2,1H3;2*1H/t13-,14?,15+;;/m1../s1. The van der Waals surface area contributed by atoms with E-state index in [4.69, 9.17) is 4.74 Å². The van der Waals surface area contributed by atoms with Crippen LogP contribution in [0, 0.1) is 5.92 Å². The molecule has 1 unspecified atom stereocenters. The molecule has 3 fully saturated rings. The van der Waals surface area contributed by atoms with E-state index in [0.29, 0.717) is 12.5 Å². The topological polar surface area (TPSA) is 44.8 Å². The zero-order chi connectivity index (χ0) is 14.7. The predicted octanol–water partition coefficient (Wildman–Crippen LogP) is 1.54. The molecular formula is C16H31Cl2N3O2. The van der Waals surface area contributed by atoms with E-state index in [0.717, 1.165) is 26.1 Å². The molecule has 3 aliphatic heterocycles. The molecule has 3 rings (SSSR count). The van der Waals surface area contributed by atoms with E-state index in [-0.39, 0.29) is 42.9 Å². The number of nitrogens with zero attached hydrogens (tertiary/aromatic N) is 2. The lowest BCUT2D eigenvalue weighted by Gasteiger charge is -2.32. The molecule has 0 aromatic carbocycles. The second kappa shape index (κ2) is 10.0. The Morgan fingerprint density at radius 2 is 1.91 bits per heavy atom. The van der Waals surface area contributed by atoms with Gasteiger partial charge in [-0.2, -0.15) is 0 Å². The van der Waals surface area contributed by atoms with Crippen LogP contribution in [0.1, 0.15) is 32.6 Å². The SMILES string of the molecule is C[C@H]1OCCN[C@@H]1C(=O)N1CCC(CN2CCCCC2)C1.Cl.Cl. The Kier molecular flexibility index (Phi) is 9.16. The Morgan fingerprint density at radius 1 is 1.17 bits per heavy atom. The second-order valence-electron chi connectivity index (χ2n) is 6.81. The predicted molar refractivity (Wildman–Crippen MR) is 96.7 cm³/mol. The van der Waals surface area contributed by atoms with Crippen molar-refractivity contribution < 1.29 is 9.53 Å². The first-order valence-corrected chi connectivity index (χ1v) is 8.60. The van der Waals surface area contributed by atoms with Gasteiger partial charge in [0, 0.05) is 26.2 Å². The summed E-state index contributed by atoms with van der Waals surface area (Å²) in [5.74, 6) is 0.898. The highest BCUT2D eigenvalue weighted by Crippen LogP contribution is 2.21. The molecule has 1 amide bonds. The molecule has 0 bridgehead atoms. The zero-order valence-corrected chi connectivity index (χ0v) is 15.7. The summed E-state index contributed by atoms with van der Waals surface area (Å²) < 4.78 is 5.60. The summed E-state index contributed by atoms with van der Waals surface area (Å²) in [6.45, 7) is 9.01. The lowest BCUT2D eigenvalue weighted by Crippen LogP contribution is -2.56. The van der Waals surface area contributed by atoms with Crippen molar-refractivity contribution in [2.45, 2.75) is 44.8 Å². The van der Waals surface area contributed by atoms with Crippen molar-refractivity contribution in [1.29, 1.82) is 0 Å². The van der Waals surface area contributed by atoms with Crippen LogP contribution in [0.4, 0.5) is 0 Å². The van der Waals surface area contributed by atoms with Crippen molar-refractivity contribution in [1.82, 2.24) is 15.1 Å². The minimum absolute atomic E-state index is 0. The van der Waals surface area contributed by atoms with Gasteiger partial charge in [-0.05, 0) is 45.2 Å². The summed E-state index contributed by atoms with van der Waals surface area (Å²) in [7, 11) is 0. The smallest absolute Gasteiger partial charge is 0.242 e. The van der Waals surface area contributed by atoms with Gasteiger partial charge in [-0.1, -0.05) is 6.42 Å². The van der Waals surface area contributed by atoms with Gasteiger partial charge in [-0.25, -0.2) is 0 Å². The third-order valence-corrected chi connectivity index (χ3v) is 5.15. The number of hydrogen-bond acceptors (Lipinski definition) is 4. The molecule has 0 spiro atoms. The summed E-state index contributed by atoms with van der Waals surface area (Å²) in [6, 6.07) is -0.146. The van der Waals surface area contributed by atoms with Crippen LogP contribution in [0.15, 0.2) is 0 Å². The largest absolute Gasteiger partial charge is 0.375 e. The molecule has 7 heteroatoms. The minimum Gasteiger partial charge on any atom is -0.375 e. The number of halogens is 2. The fourth-order valence-electron chi connectivity index (χ4n) is 3.90. The van der Waals surface area contributed by atoms with E-state index >= 15 is 0 Å². The third kappa shape index (κ3) is 5.46. The van der Waals surface area contributed by atoms with Crippen LogP contribution in [0.2, 0.25) is 0 Å². The van der Waals surface area contributed by atoms with Crippen molar-refractivity contribution in [2.75, 3.05) is 45.9 Å². The highest BCUT2D eigenvalue weighted by Gasteiger charge is 2.35. The average Bonchev–Trinajstić information content (AvgIpc) is 2.97. The van der Waals surface area contributed by atoms with Crippen LogP contribution in [0.5, 0.6) is 0 Å². The fourth-order valence-corrected chi connectivity index (χ4v) is 3.90. The summed E-state index contributed by atoms with van der Waals surface area (Å²) in [5, 5.41) is 3.32. The van der Waals surface area contributed by atoms with Crippen LogP contribution in [-0.4, -0.2) is 73.7 Å². The number of morpholine rings is 1.